The number of hydrogen-bond donors (Lipinski definition) is 1. The summed E-state index contributed by atoms with van der Waals surface area (Å²) < 4.78 is 27.7. The van der Waals surface area contributed by atoms with E-state index in [2.05, 4.69) is 20.7 Å². The Balaban J connectivity index is 2.16. The van der Waals surface area contributed by atoms with Gasteiger partial charge in [0.25, 0.3) is 10.0 Å². The van der Waals surface area contributed by atoms with Gasteiger partial charge >= 0.3 is 0 Å². The fraction of sp³-hybridized carbons (Fsp3) is 0.167. The van der Waals surface area contributed by atoms with Crippen molar-refractivity contribution in [2.45, 2.75) is 17.7 Å². The van der Waals surface area contributed by atoms with Crippen LogP contribution in [0.3, 0.4) is 0 Å². The number of rotatable bonds is 4. The SMILES string of the molecule is Cc1ccccc1CNS(=O)(=O)c1sccc1Br. The topological polar surface area (TPSA) is 46.2 Å². The van der Waals surface area contributed by atoms with Gasteiger partial charge in [0.2, 0.25) is 0 Å². The minimum absolute atomic E-state index is 0.305. The fourth-order valence-electron chi connectivity index (χ4n) is 1.52. The lowest BCUT2D eigenvalue weighted by Crippen LogP contribution is -2.23. The first-order valence-corrected chi connectivity index (χ1v) is 8.43. The van der Waals surface area contributed by atoms with Crippen LogP contribution in [0.1, 0.15) is 11.1 Å². The second-order valence-electron chi connectivity index (χ2n) is 3.81. The first kappa shape index (κ1) is 13.7. The quantitative estimate of drug-likeness (QED) is 0.923. The van der Waals surface area contributed by atoms with Gasteiger partial charge in [-0.15, -0.1) is 11.3 Å². The van der Waals surface area contributed by atoms with Crippen LogP contribution >= 0.6 is 27.3 Å². The second-order valence-corrected chi connectivity index (χ2v) is 7.54. The molecular weight excluding hydrogens is 334 g/mol. The van der Waals surface area contributed by atoms with E-state index in [1.165, 1.54) is 11.3 Å². The van der Waals surface area contributed by atoms with Gasteiger partial charge in [-0.05, 0) is 45.4 Å². The first-order chi connectivity index (χ1) is 8.50. The maximum absolute atomic E-state index is 12.1. The van der Waals surface area contributed by atoms with Crippen LogP contribution in [0.15, 0.2) is 44.4 Å². The summed E-state index contributed by atoms with van der Waals surface area (Å²) in [6, 6.07) is 9.44. The predicted octanol–water partition coefficient (Wildman–Crippen LogP) is 3.30. The zero-order chi connectivity index (χ0) is 13.2. The molecule has 1 N–H and O–H groups in total. The minimum atomic E-state index is -3.44. The molecule has 0 amide bonds. The molecular formula is C12H12BrNO2S2. The van der Waals surface area contributed by atoms with E-state index in [1.54, 1.807) is 11.4 Å². The third-order valence-electron chi connectivity index (χ3n) is 2.54. The van der Waals surface area contributed by atoms with Crippen molar-refractivity contribution in [2.75, 3.05) is 0 Å². The Hall–Kier alpha value is -0.690. The third-order valence-corrected chi connectivity index (χ3v) is 6.61. The second kappa shape index (κ2) is 5.52. The van der Waals surface area contributed by atoms with Gasteiger partial charge in [-0.1, -0.05) is 24.3 Å². The molecule has 0 saturated carbocycles. The van der Waals surface area contributed by atoms with Crippen LogP contribution in [0.25, 0.3) is 0 Å². The molecule has 0 aliphatic heterocycles. The lowest BCUT2D eigenvalue weighted by Gasteiger charge is -2.07. The molecule has 0 unspecified atom stereocenters. The summed E-state index contributed by atoms with van der Waals surface area (Å²) in [6.45, 7) is 2.27. The highest BCUT2D eigenvalue weighted by Crippen LogP contribution is 2.27. The van der Waals surface area contributed by atoms with Crippen LogP contribution in [0.5, 0.6) is 0 Å². The van der Waals surface area contributed by atoms with Crippen molar-refractivity contribution in [3.63, 3.8) is 0 Å². The normalized spacial score (nSPS) is 11.7. The van der Waals surface area contributed by atoms with E-state index in [9.17, 15) is 8.42 Å². The van der Waals surface area contributed by atoms with Gasteiger partial charge in [0.1, 0.15) is 4.21 Å². The summed E-state index contributed by atoms with van der Waals surface area (Å²) in [4.78, 5) is 0. The van der Waals surface area contributed by atoms with Gasteiger partial charge in [-0.25, -0.2) is 13.1 Å². The smallest absolute Gasteiger partial charge is 0.206 e. The molecule has 0 aliphatic carbocycles. The lowest BCUT2D eigenvalue weighted by atomic mass is 10.1. The molecule has 2 aromatic rings. The summed E-state index contributed by atoms with van der Waals surface area (Å²) in [7, 11) is -3.44. The maximum atomic E-state index is 12.1. The van der Waals surface area contributed by atoms with Crippen molar-refractivity contribution in [3.8, 4) is 0 Å². The molecule has 2 rings (SSSR count). The Bertz CT molecular complexity index is 650. The van der Waals surface area contributed by atoms with E-state index in [4.69, 9.17) is 0 Å². The Morgan fingerprint density at radius 3 is 2.61 bits per heavy atom. The highest BCUT2D eigenvalue weighted by Gasteiger charge is 2.18. The van der Waals surface area contributed by atoms with Crippen LogP contribution in [0, 0.1) is 6.92 Å². The number of benzene rings is 1. The van der Waals surface area contributed by atoms with Crippen molar-refractivity contribution in [1.29, 1.82) is 0 Å². The molecule has 0 aliphatic rings. The van der Waals surface area contributed by atoms with E-state index in [0.717, 1.165) is 11.1 Å². The van der Waals surface area contributed by atoms with Crippen LogP contribution in [-0.4, -0.2) is 8.42 Å². The van der Waals surface area contributed by atoms with Crippen LogP contribution in [0.4, 0.5) is 0 Å². The van der Waals surface area contributed by atoms with Gasteiger partial charge in [0, 0.05) is 11.0 Å². The summed E-state index contributed by atoms with van der Waals surface area (Å²) in [5.74, 6) is 0. The summed E-state index contributed by atoms with van der Waals surface area (Å²) >= 11 is 4.43. The highest BCUT2D eigenvalue weighted by molar-refractivity contribution is 9.10. The van der Waals surface area contributed by atoms with Crippen molar-refractivity contribution < 1.29 is 8.42 Å². The zero-order valence-electron chi connectivity index (χ0n) is 9.68. The van der Waals surface area contributed by atoms with Crippen LogP contribution in [0.2, 0.25) is 0 Å². The zero-order valence-corrected chi connectivity index (χ0v) is 12.9. The molecule has 0 fully saturated rings. The van der Waals surface area contributed by atoms with Gasteiger partial charge in [0.15, 0.2) is 0 Å². The molecule has 0 radical (unpaired) electrons. The average molecular weight is 346 g/mol. The number of thiophene rings is 1. The molecule has 1 aromatic heterocycles. The summed E-state index contributed by atoms with van der Waals surface area (Å²) in [5.41, 5.74) is 2.05. The Labute approximate surface area is 119 Å². The van der Waals surface area contributed by atoms with Crippen molar-refractivity contribution >= 4 is 37.3 Å². The number of sulfonamides is 1. The number of halogens is 1. The number of nitrogens with one attached hydrogen (secondary N) is 1. The number of aryl methyl sites for hydroxylation is 1. The largest absolute Gasteiger partial charge is 0.251 e. The van der Waals surface area contributed by atoms with E-state index < -0.39 is 10.0 Å². The van der Waals surface area contributed by atoms with E-state index in [0.29, 0.717) is 15.2 Å². The monoisotopic (exact) mass is 345 g/mol. The Kier molecular flexibility index (Phi) is 4.21. The van der Waals surface area contributed by atoms with E-state index >= 15 is 0 Å². The van der Waals surface area contributed by atoms with Crippen molar-refractivity contribution in [3.05, 3.63) is 51.3 Å². The van der Waals surface area contributed by atoms with Gasteiger partial charge < -0.3 is 0 Å². The highest BCUT2D eigenvalue weighted by atomic mass is 79.9. The molecule has 1 heterocycles. The van der Waals surface area contributed by atoms with Gasteiger partial charge in [0.05, 0.1) is 0 Å². The Morgan fingerprint density at radius 1 is 1.28 bits per heavy atom. The molecule has 18 heavy (non-hydrogen) atoms. The summed E-state index contributed by atoms with van der Waals surface area (Å²) in [5, 5.41) is 1.74. The molecule has 6 heteroatoms. The van der Waals surface area contributed by atoms with Crippen LogP contribution < -0.4 is 4.72 Å². The molecule has 0 spiro atoms. The van der Waals surface area contributed by atoms with E-state index in [-0.39, 0.29) is 0 Å². The van der Waals surface area contributed by atoms with E-state index in [1.807, 2.05) is 31.2 Å². The van der Waals surface area contributed by atoms with Crippen LogP contribution in [-0.2, 0) is 16.6 Å². The standard InChI is InChI=1S/C12H12BrNO2S2/c1-9-4-2-3-5-10(9)8-14-18(15,16)12-11(13)6-7-17-12/h2-7,14H,8H2,1H3. The maximum Gasteiger partial charge on any atom is 0.251 e. The molecule has 3 nitrogen and oxygen atoms in total. The minimum Gasteiger partial charge on any atom is -0.206 e. The average Bonchev–Trinajstić information content (AvgIpc) is 2.75. The van der Waals surface area contributed by atoms with Gasteiger partial charge in [-0.3, -0.25) is 0 Å². The molecule has 0 saturated heterocycles. The third kappa shape index (κ3) is 3.00. The first-order valence-electron chi connectivity index (χ1n) is 5.28. The number of hydrogen-bond acceptors (Lipinski definition) is 3. The fourth-order valence-corrected chi connectivity index (χ4v) is 4.91. The molecule has 0 bridgehead atoms. The lowest BCUT2D eigenvalue weighted by molar-refractivity contribution is 0.583. The molecule has 96 valence electrons. The van der Waals surface area contributed by atoms with Gasteiger partial charge in [-0.2, -0.15) is 0 Å². The molecule has 0 atom stereocenters. The summed E-state index contributed by atoms with van der Waals surface area (Å²) in [6.07, 6.45) is 0. The Morgan fingerprint density at radius 2 is 2.00 bits per heavy atom. The molecule has 1 aromatic carbocycles. The van der Waals surface area contributed by atoms with Crippen molar-refractivity contribution in [2.24, 2.45) is 0 Å². The predicted molar refractivity (Wildman–Crippen MR) is 77.2 cm³/mol. The van der Waals surface area contributed by atoms with Crippen molar-refractivity contribution in [1.82, 2.24) is 4.72 Å².